The van der Waals surface area contributed by atoms with Gasteiger partial charge in [-0.1, -0.05) is 23.7 Å². The number of nitrogens with zero attached hydrogens (tertiary/aromatic N) is 6. The van der Waals surface area contributed by atoms with E-state index in [0.29, 0.717) is 45.9 Å². The summed E-state index contributed by atoms with van der Waals surface area (Å²) in [4.78, 5) is 30.7. The number of anilines is 6. The number of ether oxygens (including phenoxy) is 2. The fourth-order valence-corrected chi connectivity index (χ4v) is 7.53. The van der Waals surface area contributed by atoms with Crippen molar-refractivity contribution >= 4 is 63.6 Å². The predicted molar refractivity (Wildman–Crippen MR) is 205 cm³/mol. The molecule has 0 radical (unpaired) electrons. The van der Waals surface area contributed by atoms with Gasteiger partial charge in [-0.3, -0.25) is 4.90 Å². The largest absolute Gasteiger partial charge is 0.593 e. The summed E-state index contributed by atoms with van der Waals surface area (Å²) in [7, 11) is 1.66. The first-order chi connectivity index (χ1) is 24.4. The highest BCUT2D eigenvalue weighted by molar-refractivity contribution is 7.92. The van der Waals surface area contributed by atoms with Crippen molar-refractivity contribution in [3.05, 3.63) is 53.7 Å². The van der Waals surface area contributed by atoms with Gasteiger partial charge >= 0.3 is 6.09 Å². The summed E-state index contributed by atoms with van der Waals surface area (Å²) in [5, 5.41) is 6.85. The first-order valence-corrected chi connectivity index (χ1v) is 19.5. The number of aromatic nitrogens is 2. The van der Waals surface area contributed by atoms with Gasteiger partial charge in [0.2, 0.25) is 5.95 Å². The Hall–Kier alpha value is -3.69. The number of rotatable bonds is 11. The third-order valence-electron chi connectivity index (χ3n) is 9.49. The van der Waals surface area contributed by atoms with Gasteiger partial charge in [-0.25, -0.2) is 14.5 Å². The zero-order valence-corrected chi connectivity index (χ0v) is 31.7. The summed E-state index contributed by atoms with van der Waals surface area (Å²) in [6.45, 7) is 14.7. The Labute approximate surface area is 309 Å². The molecular weight excluding hydrogens is 690 g/mol. The van der Waals surface area contributed by atoms with Crippen LogP contribution in [0.2, 0.25) is 5.02 Å². The lowest BCUT2D eigenvalue weighted by molar-refractivity contribution is -0.0106. The normalized spacial score (nSPS) is 18.6. The predicted octanol–water partition coefficient (Wildman–Crippen LogP) is 5.78. The average molecular weight is 740 g/mol. The monoisotopic (exact) mass is 739 g/mol. The number of hydrogen-bond acceptors (Lipinski definition) is 12. The molecular formula is C36H50ClN9O4S. The smallest absolute Gasteiger partial charge is 0.410 e. The summed E-state index contributed by atoms with van der Waals surface area (Å²) >= 11 is 5.21. The Morgan fingerprint density at radius 3 is 2.37 bits per heavy atom. The van der Waals surface area contributed by atoms with E-state index in [9.17, 15) is 9.35 Å². The lowest BCUT2D eigenvalue weighted by Crippen LogP contribution is -2.58. The van der Waals surface area contributed by atoms with Gasteiger partial charge in [-0.05, 0) is 57.9 Å². The molecule has 2 aromatic carbocycles. The van der Waals surface area contributed by atoms with E-state index in [4.69, 9.17) is 21.1 Å². The van der Waals surface area contributed by atoms with Crippen molar-refractivity contribution in [2.45, 2.75) is 45.3 Å². The maximum Gasteiger partial charge on any atom is 0.410 e. The highest BCUT2D eigenvalue weighted by atomic mass is 35.5. The number of nitrogens with one attached hydrogen (secondary N) is 3. The topological polar surface area (TPSA) is 133 Å². The molecule has 3 aliphatic heterocycles. The minimum Gasteiger partial charge on any atom is -0.593 e. The van der Waals surface area contributed by atoms with Crippen molar-refractivity contribution in [2.75, 3.05) is 92.5 Å². The quantitative estimate of drug-likeness (QED) is 0.206. The van der Waals surface area contributed by atoms with Gasteiger partial charge < -0.3 is 39.4 Å². The molecule has 0 spiro atoms. The minimum atomic E-state index is -1.24. The van der Waals surface area contributed by atoms with E-state index >= 15 is 0 Å². The Kier molecular flexibility index (Phi) is 11.9. The van der Waals surface area contributed by atoms with Crippen LogP contribution >= 0.6 is 11.6 Å². The summed E-state index contributed by atoms with van der Waals surface area (Å²) in [6, 6.07) is 14.2. The number of carbonyl (C=O) groups is 1. The lowest BCUT2D eigenvalue weighted by Gasteiger charge is -2.46. The Bertz CT molecular complexity index is 1640. The van der Waals surface area contributed by atoms with Crippen molar-refractivity contribution in [3.63, 3.8) is 0 Å². The lowest BCUT2D eigenvalue weighted by atomic mass is 9.99. The van der Waals surface area contributed by atoms with E-state index in [2.05, 4.69) is 52.2 Å². The molecule has 0 saturated carbocycles. The molecule has 3 N–H and O–H groups in total. The minimum absolute atomic E-state index is 0.193. The van der Waals surface area contributed by atoms with Crippen molar-refractivity contribution < 1.29 is 18.8 Å². The van der Waals surface area contributed by atoms with Crippen molar-refractivity contribution in [1.29, 1.82) is 0 Å². The van der Waals surface area contributed by atoms with E-state index in [1.807, 2.05) is 56.0 Å². The fourth-order valence-electron chi connectivity index (χ4n) is 6.91. The van der Waals surface area contributed by atoms with Gasteiger partial charge in [-0.15, -0.1) is 0 Å². The van der Waals surface area contributed by atoms with Crippen LogP contribution in [0.15, 0.2) is 48.7 Å². The molecule has 3 fully saturated rings. The second-order valence-electron chi connectivity index (χ2n) is 14.4. The molecule has 1 amide bonds. The Balaban J connectivity index is 0.977. The number of hydrogen-bond donors (Lipinski definition) is 3. The van der Waals surface area contributed by atoms with Crippen LogP contribution in [0.3, 0.4) is 0 Å². The second kappa shape index (κ2) is 16.3. The SMILES string of the molecule is COc1cc(N2CCC(N3CCN(CC4CN(C(=O)OC(C)(C)C)C4)CC3)CC2)ccc1Nc1ncc(Cl)c(Nc2ccccc2N[S+](C)[O-])n1. The number of amides is 1. The molecule has 0 aliphatic carbocycles. The van der Waals surface area contributed by atoms with E-state index in [1.165, 1.54) is 6.20 Å². The number of piperazine rings is 1. The van der Waals surface area contributed by atoms with Crippen LogP contribution < -0.4 is 25.0 Å². The number of benzene rings is 2. The van der Waals surface area contributed by atoms with Crippen LogP contribution in [0.25, 0.3) is 0 Å². The summed E-state index contributed by atoms with van der Waals surface area (Å²) in [5.41, 5.74) is 2.77. The Morgan fingerprint density at radius 2 is 1.71 bits per heavy atom. The summed E-state index contributed by atoms with van der Waals surface area (Å²) < 4.78 is 26.0. The van der Waals surface area contributed by atoms with Gasteiger partial charge in [0.05, 0.1) is 36.0 Å². The summed E-state index contributed by atoms with van der Waals surface area (Å²) in [6.07, 6.45) is 5.16. The van der Waals surface area contributed by atoms with E-state index in [0.717, 1.165) is 83.1 Å². The first kappa shape index (κ1) is 37.1. The van der Waals surface area contributed by atoms with Crippen molar-refractivity contribution in [1.82, 2.24) is 24.7 Å². The van der Waals surface area contributed by atoms with Crippen LogP contribution in [0.1, 0.15) is 33.6 Å². The maximum absolute atomic E-state index is 12.3. The number of para-hydroxylation sites is 2. The highest BCUT2D eigenvalue weighted by Crippen LogP contribution is 2.35. The molecule has 15 heteroatoms. The van der Waals surface area contributed by atoms with Crippen LogP contribution in [0.5, 0.6) is 5.75 Å². The van der Waals surface area contributed by atoms with Crippen molar-refractivity contribution in [2.24, 2.45) is 5.92 Å². The molecule has 0 bridgehead atoms. The van der Waals surface area contributed by atoms with Crippen LogP contribution in [0.4, 0.5) is 39.3 Å². The third-order valence-corrected chi connectivity index (χ3v) is 10.3. The fraction of sp³-hybridized carbons (Fsp3) is 0.528. The van der Waals surface area contributed by atoms with E-state index in [1.54, 1.807) is 13.4 Å². The molecule has 1 unspecified atom stereocenters. The summed E-state index contributed by atoms with van der Waals surface area (Å²) in [5.74, 6) is 1.99. The zero-order chi connectivity index (χ0) is 36.1. The highest BCUT2D eigenvalue weighted by Gasteiger charge is 2.36. The number of methoxy groups -OCH3 is 1. The number of likely N-dealkylation sites (tertiary alicyclic amines) is 1. The maximum atomic E-state index is 12.3. The van der Waals surface area contributed by atoms with Gasteiger partial charge in [-0.2, -0.15) is 4.98 Å². The molecule has 13 nitrogen and oxygen atoms in total. The first-order valence-electron chi connectivity index (χ1n) is 17.6. The van der Waals surface area contributed by atoms with Gasteiger partial charge in [0.25, 0.3) is 0 Å². The van der Waals surface area contributed by atoms with Crippen molar-refractivity contribution in [3.8, 4) is 5.75 Å². The molecule has 6 rings (SSSR count). The van der Waals surface area contributed by atoms with E-state index < -0.39 is 17.0 Å². The molecule has 3 saturated heterocycles. The zero-order valence-electron chi connectivity index (χ0n) is 30.2. The van der Waals surface area contributed by atoms with E-state index in [-0.39, 0.29) is 6.09 Å². The number of carbonyl (C=O) groups excluding carboxylic acids is 1. The number of halogens is 1. The van der Waals surface area contributed by atoms with Crippen LogP contribution in [0, 0.1) is 5.92 Å². The number of piperidine rings is 1. The van der Waals surface area contributed by atoms with Gasteiger partial charge in [0.1, 0.15) is 28.3 Å². The molecule has 1 aromatic heterocycles. The average Bonchev–Trinajstić information content (AvgIpc) is 3.08. The van der Waals surface area contributed by atoms with Crippen LogP contribution in [-0.2, 0) is 16.1 Å². The standard InChI is InChI=1S/C36H50ClN9O4S/c1-36(2,3)50-35(47)46-23-25(24-46)22-43-16-18-45(19-17-43)26-12-14-44(15-13-26)27-10-11-31(32(20-27)49-4)40-34-38-21-28(37)33(41-34)39-29-8-6-7-9-30(29)42-51(5)48/h6-11,20-21,25-26,42H,12-19,22-24H2,1-5H3,(H2,38,39,40,41). The molecule has 1 atom stereocenters. The molecule has 3 aromatic rings. The molecule has 3 aliphatic rings. The van der Waals surface area contributed by atoms with Gasteiger partial charge in [0, 0.05) is 82.6 Å². The van der Waals surface area contributed by atoms with Gasteiger partial charge in [0.15, 0.2) is 5.82 Å². The Morgan fingerprint density at radius 1 is 1.00 bits per heavy atom. The second-order valence-corrected chi connectivity index (χ2v) is 16.0. The molecule has 51 heavy (non-hydrogen) atoms. The third kappa shape index (κ3) is 9.80. The molecule has 4 heterocycles. The molecule has 276 valence electrons. The van der Waals surface area contributed by atoms with Crippen LogP contribution in [-0.4, -0.2) is 119 Å².